The van der Waals surface area contributed by atoms with Crippen LogP contribution in [0.3, 0.4) is 0 Å². The molecule has 1 amide bonds. The molecule has 0 unspecified atom stereocenters. The summed E-state index contributed by atoms with van der Waals surface area (Å²) in [7, 11) is 3.89. The van der Waals surface area contributed by atoms with Crippen LogP contribution in [-0.2, 0) is 16.1 Å². The summed E-state index contributed by atoms with van der Waals surface area (Å²) in [6.07, 6.45) is 3.16. The number of nitrogens with two attached hydrogens (primary N) is 1. The predicted molar refractivity (Wildman–Crippen MR) is 82.0 cm³/mol. The van der Waals surface area contributed by atoms with Crippen molar-refractivity contribution in [1.82, 2.24) is 10.3 Å². The van der Waals surface area contributed by atoms with Crippen LogP contribution in [0, 0.1) is 5.41 Å². The van der Waals surface area contributed by atoms with Gasteiger partial charge in [-0.1, -0.05) is 6.07 Å². The van der Waals surface area contributed by atoms with Crippen LogP contribution in [0.25, 0.3) is 0 Å². The van der Waals surface area contributed by atoms with Gasteiger partial charge in [0.05, 0.1) is 5.41 Å². The average molecular weight is 292 g/mol. The number of carbonyl (C=O) groups is 1. The van der Waals surface area contributed by atoms with Crippen LogP contribution in [0.5, 0.6) is 0 Å². The Kier molecular flexibility index (Phi) is 5.14. The number of hydrogen-bond acceptors (Lipinski definition) is 5. The Morgan fingerprint density at radius 3 is 2.67 bits per heavy atom. The first kappa shape index (κ1) is 15.7. The van der Waals surface area contributed by atoms with E-state index in [4.69, 9.17) is 10.5 Å². The van der Waals surface area contributed by atoms with E-state index < -0.39 is 5.41 Å². The minimum absolute atomic E-state index is 0.0185. The third-order valence-corrected chi connectivity index (χ3v) is 4.04. The zero-order valence-electron chi connectivity index (χ0n) is 12.8. The van der Waals surface area contributed by atoms with Gasteiger partial charge in [0.1, 0.15) is 5.82 Å². The lowest BCUT2D eigenvalue weighted by molar-refractivity contribution is -0.136. The molecule has 0 atom stereocenters. The zero-order valence-corrected chi connectivity index (χ0v) is 12.8. The number of pyridine rings is 1. The molecule has 2 heterocycles. The maximum atomic E-state index is 12.4. The molecule has 2 rings (SSSR count). The van der Waals surface area contributed by atoms with Crippen LogP contribution in [0.1, 0.15) is 18.4 Å². The van der Waals surface area contributed by atoms with Crippen molar-refractivity contribution in [3.63, 3.8) is 0 Å². The van der Waals surface area contributed by atoms with E-state index in [9.17, 15) is 4.79 Å². The smallest absolute Gasteiger partial charge is 0.227 e. The minimum atomic E-state index is -0.477. The zero-order chi connectivity index (χ0) is 15.3. The first-order valence-electron chi connectivity index (χ1n) is 7.26. The van der Waals surface area contributed by atoms with E-state index in [0.717, 1.165) is 11.4 Å². The first-order valence-corrected chi connectivity index (χ1v) is 7.26. The van der Waals surface area contributed by atoms with Crippen LogP contribution in [0.2, 0.25) is 0 Å². The lowest BCUT2D eigenvalue weighted by atomic mass is 9.79. The molecule has 6 nitrogen and oxygen atoms in total. The monoisotopic (exact) mass is 292 g/mol. The highest BCUT2D eigenvalue weighted by Gasteiger charge is 2.38. The SMILES string of the molecule is CN(C)c1ccc(CNC(=O)C2(CN)CCOCC2)cn1. The Labute approximate surface area is 125 Å². The standard InChI is InChI=1S/C15H24N4O2/c1-19(2)13-4-3-12(9-17-13)10-18-14(20)15(11-16)5-7-21-8-6-15/h3-4,9H,5-8,10-11,16H2,1-2H3,(H,18,20). The summed E-state index contributed by atoms with van der Waals surface area (Å²) in [5, 5.41) is 2.98. The van der Waals surface area contributed by atoms with E-state index in [1.54, 1.807) is 6.20 Å². The summed E-state index contributed by atoms with van der Waals surface area (Å²) in [6, 6.07) is 3.91. The summed E-state index contributed by atoms with van der Waals surface area (Å²) < 4.78 is 5.32. The molecule has 0 saturated carbocycles. The van der Waals surface area contributed by atoms with E-state index in [1.807, 2.05) is 31.1 Å². The van der Waals surface area contributed by atoms with Gasteiger partial charge in [-0.15, -0.1) is 0 Å². The minimum Gasteiger partial charge on any atom is -0.381 e. The number of rotatable bonds is 5. The molecule has 21 heavy (non-hydrogen) atoms. The molecule has 1 fully saturated rings. The van der Waals surface area contributed by atoms with Gasteiger partial charge in [0.15, 0.2) is 0 Å². The van der Waals surface area contributed by atoms with Crippen molar-refractivity contribution in [1.29, 1.82) is 0 Å². The topological polar surface area (TPSA) is 80.5 Å². The highest BCUT2D eigenvalue weighted by atomic mass is 16.5. The second kappa shape index (κ2) is 6.87. The Morgan fingerprint density at radius 1 is 1.43 bits per heavy atom. The molecule has 0 radical (unpaired) electrons. The second-order valence-corrected chi connectivity index (χ2v) is 5.70. The van der Waals surface area contributed by atoms with Gasteiger partial charge < -0.3 is 20.7 Å². The molecule has 1 aromatic heterocycles. The summed E-state index contributed by atoms with van der Waals surface area (Å²) in [4.78, 5) is 18.7. The fraction of sp³-hybridized carbons (Fsp3) is 0.600. The Balaban J connectivity index is 1.93. The number of hydrogen-bond donors (Lipinski definition) is 2. The molecule has 0 aromatic carbocycles. The van der Waals surface area contributed by atoms with Gasteiger partial charge in [0.2, 0.25) is 5.91 Å². The van der Waals surface area contributed by atoms with E-state index in [0.29, 0.717) is 39.1 Å². The van der Waals surface area contributed by atoms with Crippen LogP contribution in [0.4, 0.5) is 5.82 Å². The number of amides is 1. The normalized spacial score (nSPS) is 17.3. The highest BCUT2D eigenvalue weighted by molar-refractivity contribution is 5.83. The number of ether oxygens (including phenoxy) is 1. The lowest BCUT2D eigenvalue weighted by Gasteiger charge is -2.34. The Hall–Kier alpha value is -1.66. The maximum absolute atomic E-state index is 12.4. The van der Waals surface area contributed by atoms with Crippen LogP contribution >= 0.6 is 0 Å². The van der Waals surface area contributed by atoms with Crippen molar-refractivity contribution in [3.05, 3.63) is 23.9 Å². The molecule has 0 bridgehead atoms. The van der Waals surface area contributed by atoms with Crippen LogP contribution < -0.4 is 16.0 Å². The molecule has 116 valence electrons. The molecule has 1 aliphatic rings. The number of nitrogens with one attached hydrogen (secondary N) is 1. The predicted octanol–water partition coefficient (Wildman–Crippen LogP) is 0.519. The lowest BCUT2D eigenvalue weighted by Crippen LogP contribution is -2.48. The largest absolute Gasteiger partial charge is 0.381 e. The molecule has 3 N–H and O–H groups in total. The summed E-state index contributed by atoms with van der Waals surface area (Å²) in [6.45, 7) is 2.04. The molecular weight excluding hydrogens is 268 g/mol. The first-order chi connectivity index (χ1) is 10.1. The Bertz CT molecular complexity index is 467. The third-order valence-electron chi connectivity index (χ3n) is 4.04. The summed E-state index contributed by atoms with van der Waals surface area (Å²) in [5.41, 5.74) is 6.33. The third kappa shape index (κ3) is 3.71. The quantitative estimate of drug-likeness (QED) is 0.827. The van der Waals surface area contributed by atoms with Gasteiger partial charge in [0.25, 0.3) is 0 Å². The molecule has 1 aromatic rings. The molecule has 0 spiro atoms. The molecular formula is C15H24N4O2. The van der Waals surface area contributed by atoms with Crippen molar-refractivity contribution in [2.24, 2.45) is 11.1 Å². The molecule has 1 aliphatic heterocycles. The van der Waals surface area contributed by atoms with Crippen molar-refractivity contribution in [3.8, 4) is 0 Å². The van der Waals surface area contributed by atoms with E-state index in [-0.39, 0.29) is 5.91 Å². The number of anilines is 1. The number of aromatic nitrogens is 1. The average Bonchev–Trinajstić information content (AvgIpc) is 2.53. The number of carbonyl (C=O) groups excluding carboxylic acids is 1. The van der Waals surface area contributed by atoms with Gasteiger partial charge >= 0.3 is 0 Å². The van der Waals surface area contributed by atoms with Crippen molar-refractivity contribution < 1.29 is 9.53 Å². The fourth-order valence-electron chi connectivity index (χ4n) is 2.44. The Morgan fingerprint density at radius 2 is 2.14 bits per heavy atom. The van der Waals surface area contributed by atoms with Crippen molar-refractivity contribution in [2.75, 3.05) is 38.8 Å². The second-order valence-electron chi connectivity index (χ2n) is 5.70. The van der Waals surface area contributed by atoms with Gasteiger partial charge in [-0.05, 0) is 24.5 Å². The van der Waals surface area contributed by atoms with E-state index in [2.05, 4.69) is 10.3 Å². The van der Waals surface area contributed by atoms with Gasteiger partial charge in [-0.2, -0.15) is 0 Å². The van der Waals surface area contributed by atoms with Gasteiger partial charge in [-0.25, -0.2) is 4.98 Å². The van der Waals surface area contributed by atoms with Crippen molar-refractivity contribution >= 4 is 11.7 Å². The van der Waals surface area contributed by atoms with E-state index >= 15 is 0 Å². The maximum Gasteiger partial charge on any atom is 0.227 e. The van der Waals surface area contributed by atoms with Crippen molar-refractivity contribution in [2.45, 2.75) is 19.4 Å². The van der Waals surface area contributed by atoms with Crippen LogP contribution in [0.15, 0.2) is 18.3 Å². The molecule has 6 heteroatoms. The van der Waals surface area contributed by atoms with E-state index in [1.165, 1.54) is 0 Å². The molecule has 1 saturated heterocycles. The van der Waals surface area contributed by atoms with Crippen LogP contribution in [-0.4, -0.2) is 44.7 Å². The number of nitrogens with zero attached hydrogens (tertiary/aromatic N) is 2. The summed E-state index contributed by atoms with van der Waals surface area (Å²) >= 11 is 0. The fourth-order valence-corrected chi connectivity index (χ4v) is 2.44. The van der Waals surface area contributed by atoms with Gasteiger partial charge in [0, 0.05) is 46.6 Å². The molecule has 0 aliphatic carbocycles. The van der Waals surface area contributed by atoms with Gasteiger partial charge in [-0.3, -0.25) is 4.79 Å². The highest BCUT2D eigenvalue weighted by Crippen LogP contribution is 2.29. The summed E-state index contributed by atoms with van der Waals surface area (Å²) in [5.74, 6) is 0.915.